The predicted octanol–water partition coefficient (Wildman–Crippen LogP) is 0.0523. The molecule has 1 heterocycles. The van der Waals surface area contributed by atoms with E-state index in [4.69, 9.17) is 0 Å². The monoisotopic (exact) mass is 213 g/mol. The number of carbonyl (C=O) groups excluding carboxylic acids is 1. The van der Waals surface area contributed by atoms with Crippen molar-refractivity contribution < 1.29 is 4.79 Å². The summed E-state index contributed by atoms with van der Waals surface area (Å²) >= 11 is 0. The number of hydrogen-bond acceptors (Lipinski definition) is 3. The third kappa shape index (κ3) is 3.47. The Hall–Kier alpha value is -0.610. The first-order valence-electron chi connectivity index (χ1n) is 5.81. The molecule has 2 N–H and O–H groups in total. The minimum atomic E-state index is 0.118. The van der Waals surface area contributed by atoms with E-state index in [1.807, 2.05) is 7.05 Å². The molecule has 0 spiro atoms. The summed E-state index contributed by atoms with van der Waals surface area (Å²) in [6.45, 7) is 4.83. The average Bonchev–Trinajstić information content (AvgIpc) is 2.28. The number of rotatable bonds is 4. The van der Waals surface area contributed by atoms with Gasteiger partial charge in [-0.1, -0.05) is 13.3 Å². The van der Waals surface area contributed by atoms with Gasteiger partial charge in [-0.3, -0.25) is 9.69 Å². The van der Waals surface area contributed by atoms with Crippen LogP contribution >= 0.6 is 0 Å². The van der Waals surface area contributed by atoms with Gasteiger partial charge in [-0.05, 0) is 19.4 Å². The predicted molar refractivity (Wildman–Crippen MR) is 61.8 cm³/mol. The molecule has 0 aromatic carbocycles. The van der Waals surface area contributed by atoms with Gasteiger partial charge in [-0.15, -0.1) is 0 Å². The number of nitrogens with one attached hydrogen (secondary N) is 2. The smallest absolute Gasteiger partial charge is 0.233 e. The van der Waals surface area contributed by atoms with Crippen molar-refractivity contribution >= 4 is 5.91 Å². The van der Waals surface area contributed by atoms with E-state index in [1.54, 1.807) is 7.05 Å². The van der Waals surface area contributed by atoms with Gasteiger partial charge in [0.1, 0.15) is 0 Å². The Morgan fingerprint density at radius 2 is 2.20 bits per heavy atom. The fraction of sp³-hybridized carbons (Fsp3) is 0.909. The summed E-state index contributed by atoms with van der Waals surface area (Å²) in [6, 6.07) is 0.621. The quantitative estimate of drug-likeness (QED) is 0.694. The fourth-order valence-corrected chi connectivity index (χ4v) is 2.33. The minimum absolute atomic E-state index is 0.118. The Kier molecular flexibility index (Phi) is 5.05. The molecule has 0 radical (unpaired) electrons. The molecule has 1 amide bonds. The summed E-state index contributed by atoms with van der Waals surface area (Å²) in [5.41, 5.74) is 0. The van der Waals surface area contributed by atoms with Gasteiger partial charge in [0.05, 0.1) is 6.54 Å². The van der Waals surface area contributed by atoms with Gasteiger partial charge in [-0.2, -0.15) is 0 Å². The lowest BCUT2D eigenvalue weighted by Crippen LogP contribution is -2.50. The summed E-state index contributed by atoms with van der Waals surface area (Å²) in [7, 11) is 3.72. The van der Waals surface area contributed by atoms with Crippen LogP contribution in [0.3, 0.4) is 0 Å². The van der Waals surface area contributed by atoms with E-state index in [-0.39, 0.29) is 5.91 Å². The van der Waals surface area contributed by atoms with E-state index in [0.29, 0.717) is 18.5 Å². The molecule has 88 valence electrons. The topological polar surface area (TPSA) is 44.4 Å². The number of likely N-dealkylation sites (N-methyl/N-ethyl adjacent to an activating group) is 1. The van der Waals surface area contributed by atoms with Crippen molar-refractivity contribution in [3.05, 3.63) is 0 Å². The van der Waals surface area contributed by atoms with Crippen LogP contribution in [0.25, 0.3) is 0 Å². The molecule has 1 fully saturated rings. The van der Waals surface area contributed by atoms with Crippen LogP contribution in [0, 0.1) is 5.92 Å². The molecule has 1 aliphatic heterocycles. The largest absolute Gasteiger partial charge is 0.358 e. The SMILES string of the molecule is CCC1CN(CC(=O)NC)CCC1NC. The molecule has 4 nitrogen and oxygen atoms in total. The molecule has 2 unspecified atom stereocenters. The molecule has 1 rings (SSSR count). The first-order valence-corrected chi connectivity index (χ1v) is 5.81. The van der Waals surface area contributed by atoms with Crippen molar-refractivity contribution in [3.8, 4) is 0 Å². The van der Waals surface area contributed by atoms with Crippen LogP contribution in [0.1, 0.15) is 19.8 Å². The Labute approximate surface area is 92.4 Å². The van der Waals surface area contributed by atoms with Crippen LogP contribution in [-0.4, -0.2) is 50.6 Å². The Morgan fingerprint density at radius 3 is 2.73 bits per heavy atom. The second-order valence-corrected chi connectivity index (χ2v) is 4.26. The van der Waals surface area contributed by atoms with Crippen LogP contribution in [-0.2, 0) is 4.79 Å². The number of piperidine rings is 1. The Balaban J connectivity index is 2.42. The molecule has 0 aromatic heterocycles. The number of amides is 1. The van der Waals surface area contributed by atoms with Gasteiger partial charge in [0, 0.05) is 26.2 Å². The van der Waals surface area contributed by atoms with Crippen molar-refractivity contribution in [2.24, 2.45) is 5.92 Å². The van der Waals surface area contributed by atoms with Gasteiger partial charge < -0.3 is 10.6 Å². The standard InChI is InChI=1S/C11H23N3O/c1-4-9-7-14(8-11(15)13-3)6-5-10(9)12-2/h9-10,12H,4-8H2,1-3H3,(H,13,15). The molecule has 4 heteroatoms. The van der Waals surface area contributed by atoms with E-state index in [0.717, 1.165) is 19.5 Å². The van der Waals surface area contributed by atoms with E-state index in [9.17, 15) is 4.79 Å². The third-order valence-corrected chi connectivity index (χ3v) is 3.36. The first kappa shape index (κ1) is 12.5. The zero-order valence-electron chi connectivity index (χ0n) is 10.0. The summed E-state index contributed by atoms with van der Waals surface area (Å²) < 4.78 is 0. The maximum Gasteiger partial charge on any atom is 0.233 e. The molecule has 1 saturated heterocycles. The lowest BCUT2D eigenvalue weighted by molar-refractivity contribution is -0.122. The zero-order chi connectivity index (χ0) is 11.3. The number of nitrogens with zero attached hydrogens (tertiary/aromatic N) is 1. The van der Waals surface area contributed by atoms with Crippen LogP contribution in [0.5, 0.6) is 0 Å². The van der Waals surface area contributed by atoms with Crippen LogP contribution < -0.4 is 10.6 Å². The van der Waals surface area contributed by atoms with Gasteiger partial charge in [0.2, 0.25) is 5.91 Å². The highest BCUT2D eigenvalue weighted by molar-refractivity contribution is 5.77. The third-order valence-electron chi connectivity index (χ3n) is 3.36. The minimum Gasteiger partial charge on any atom is -0.358 e. The Bertz CT molecular complexity index is 208. The molecule has 15 heavy (non-hydrogen) atoms. The average molecular weight is 213 g/mol. The molecule has 2 atom stereocenters. The van der Waals surface area contributed by atoms with Crippen molar-refractivity contribution in [3.63, 3.8) is 0 Å². The van der Waals surface area contributed by atoms with Crippen molar-refractivity contribution in [2.45, 2.75) is 25.8 Å². The molecular formula is C11H23N3O. The summed E-state index contributed by atoms with van der Waals surface area (Å²) in [5.74, 6) is 0.793. The summed E-state index contributed by atoms with van der Waals surface area (Å²) in [4.78, 5) is 13.5. The maximum atomic E-state index is 11.3. The molecule has 0 aromatic rings. The van der Waals surface area contributed by atoms with Gasteiger partial charge in [0.25, 0.3) is 0 Å². The van der Waals surface area contributed by atoms with Crippen molar-refractivity contribution in [2.75, 3.05) is 33.7 Å². The first-order chi connectivity index (χ1) is 7.21. The van der Waals surface area contributed by atoms with Crippen molar-refractivity contribution in [1.29, 1.82) is 0 Å². The molecule has 1 aliphatic rings. The van der Waals surface area contributed by atoms with Crippen molar-refractivity contribution in [1.82, 2.24) is 15.5 Å². The number of carbonyl (C=O) groups is 1. The zero-order valence-corrected chi connectivity index (χ0v) is 10.0. The molecular weight excluding hydrogens is 190 g/mol. The van der Waals surface area contributed by atoms with Crippen LogP contribution in [0.2, 0.25) is 0 Å². The summed E-state index contributed by atoms with van der Waals surface area (Å²) in [5, 5.41) is 6.04. The molecule has 0 bridgehead atoms. The second kappa shape index (κ2) is 6.08. The lowest BCUT2D eigenvalue weighted by Gasteiger charge is -2.37. The van der Waals surface area contributed by atoms with E-state index in [2.05, 4.69) is 22.5 Å². The van der Waals surface area contributed by atoms with E-state index >= 15 is 0 Å². The Morgan fingerprint density at radius 1 is 1.47 bits per heavy atom. The molecule has 0 aliphatic carbocycles. The van der Waals surface area contributed by atoms with Crippen LogP contribution in [0.15, 0.2) is 0 Å². The summed E-state index contributed by atoms with van der Waals surface area (Å²) in [6.07, 6.45) is 2.32. The van der Waals surface area contributed by atoms with Crippen LogP contribution in [0.4, 0.5) is 0 Å². The highest BCUT2D eigenvalue weighted by atomic mass is 16.1. The lowest BCUT2D eigenvalue weighted by atomic mass is 9.90. The normalized spacial score (nSPS) is 27.7. The number of hydrogen-bond donors (Lipinski definition) is 2. The highest BCUT2D eigenvalue weighted by Gasteiger charge is 2.27. The highest BCUT2D eigenvalue weighted by Crippen LogP contribution is 2.19. The molecule has 0 saturated carbocycles. The van der Waals surface area contributed by atoms with E-state index < -0.39 is 0 Å². The second-order valence-electron chi connectivity index (χ2n) is 4.26. The van der Waals surface area contributed by atoms with Gasteiger partial charge >= 0.3 is 0 Å². The van der Waals surface area contributed by atoms with E-state index in [1.165, 1.54) is 6.42 Å². The van der Waals surface area contributed by atoms with Gasteiger partial charge in [0.15, 0.2) is 0 Å². The van der Waals surface area contributed by atoms with Gasteiger partial charge in [-0.25, -0.2) is 0 Å². The fourth-order valence-electron chi connectivity index (χ4n) is 2.33. The number of likely N-dealkylation sites (tertiary alicyclic amines) is 1. The maximum absolute atomic E-state index is 11.3.